The first kappa shape index (κ1) is 8.89. The molecule has 1 aromatic rings. The van der Waals surface area contributed by atoms with Gasteiger partial charge in [-0.2, -0.15) is 0 Å². The first-order valence-electron chi connectivity index (χ1n) is 4.26. The third-order valence-corrected chi connectivity index (χ3v) is 1.58. The van der Waals surface area contributed by atoms with E-state index in [1.54, 1.807) is 0 Å². The summed E-state index contributed by atoms with van der Waals surface area (Å²) in [5.41, 5.74) is 6.34. The molecule has 1 rings (SSSR count). The minimum absolute atomic E-state index is 0.768. The highest BCUT2D eigenvalue weighted by molar-refractivity contribution is 5.26. The summed E-state index contributed by atoms with van der Waals surface area (Å²) in [7, 11) is 0. The SMILES string of the molecule is NCCCCC#Cc1ccc[nH]1. The predicted octanol–water partition coefficient (Wildman–Crippen LogP) is 1.50. The van der Waals surface area contributed by atoms with Crippen molar-refractivity contribution in [3.63, 3.8) is 0 Å². The molecule has 0 saturated carbocycles. The number of unbranched alkanes of at least 4 members (excludes halogenated alkanes) is 2. The van der Waals surface area contributed by atoms with E-state index < -0.39 is 0 Å². The van der Waals surface area contributed by atoms with Gasteiger partial charge < -0.3 is 10.7 Å². The molecule has 0 aromatic carbocycles. The second kappa shape index (κ2) is 5.45. The summed E-state index contributed by atoms with van der Waals surface area (Å²) in [5.74, 6) is 6.12. The van der Waals surface area contributed by atoms with Gasteiger partial charge in [0.05, 0.1) is 5.69 Å². The molecular formula is C10H14N2. The van der Waals surface area contributed by atoms with Gasteiger partial charge in [0.1, 0.15) is 0 Å². The maximum atomic E-state index is 5.35. The van der Waals surface area contributed by atoms with Crippen LogP contribution < -0.4 is 5.73 Å². The third-order valence-electron chi connectivity index (χ3n) is 1.58. The third kappa shape index (κ3) is 3.27. The largest absolute Gasteiger partial charge is 0.355 e. The molecule has 0 amide bonds. The molecule has 3 N–H and O–H groups in total. The number of nitrogens with two attached hydrogens (primary N) is 1. The molecule has 0 aliphatic rings. The van der Waals surface area contributed by atoms with Gasteiger partial charge in [-0.05, 0) is 37.4 Å². The van der Waals surface area contributed by atoms with Crippen molar-refractivity contribution in [3.05, 3.63) is 24.0 Å². The highest BCUT2D eigenvalue weighted by Crippen LogP contribution is 1.93. The van der Waals surface area contributed by atoms with E-state index in [4.69, 9.17) is 5.73 Å². The van der Waals surface area contributed by atoms with Crippen LogP contribution in [-0.2, 0) is 0 Å². The Morgan fingerprint density at radius 1 is 1.42 bits per heavy atom. The number of hydrogen-bond acceptors (Lipinski definition) is 1. The van der Waals surface area contributed by atoms with Gasteiger partial charge in [-0.3, -0.25) is 0 Å². The van der Waals surface area contributed by atoms with Crippen molar-refractivity contribution in [3.8, 4) is 11.8 Å². The summed E-state index contributed by atoms with van der Waals surface area (Å²) in [5, 5.41) is 0. The number of hydrogen-bond donors (Lipinski definition) is 2. The molecule has 0 bridgehead atoms. The van der Waals surface area contributed by atoms with Crippen LogP contribution in [0.4, 0.5) is 0 Å². The topological polar surface area (TPSA) is 41.8 Å². The smallest absolute Gasteiger partial charge is 0.0893 e. The molecule has 12 heavy (non-hydrogen) atoms. The lowest BCUT2D eigenvalue weighted by atomic mass is 10.2. The number of nitrogens with one attached hydrogen (secondary N) is 1. The fraction of sp³-hybridized carbons (Fsp3) is 0.400. The first-order chi connectivity index (χ1) is 5.93. The summed E-state index contributed by atoms with van der Waals surface area (Å²) >= 11 is 0. The first-order valence-corrected chi connectivity index (χ1v) is 4.26. The highest BCUT2D eigenvalue weighted by atomic mass is 14.7. The van der Waals surface area contributed by atoms with Gasteiger partial charge in [0.2, 0.25) is 0 Å². The van der Waals surface area contributed by atoms with Gasteiger partial charge in [0.15, 0.2) is 0 Å². The molecule has 0 aliphatic carbocycles. The Kier molecular flexibility index (Phi) is 4.04. The lowest BCUT2D eigenvalue weighted by molar-refractivity contribution is 0.767. The zero-order valence-corrected chi connectivity index (χ0v) is 7.14. The second-order valence-corrected chi connectivity index (χ2v) is 2.63. The van der Waals surface area contributed by atoms with E-state index in [9.17, 15) is 0 Å². The van der Waals surface area contributed by atoms with E-state index in [1.807, 2.05) is 18.3 Å². The zero-order valence-electron chi connectivity index (χ0n) is 7.14. The monoisotopic (exact) mass is 162 g/mol. The van der Waals surface area contributed by atoms with Crippen LogP contribution in [0.3, 0.4) is 0 Å². The molecule has 0 unspecified atom stereocenters. The Labute approximate surface area is 73.2 Å². The summed E-state index contributed by atoms with van der Waals surface area (Å²) in [6.07, 6.45) is 4.99. The van der Waals surface area contributed by atoms with Crippen LogP contribution in [0.25, 0.3) is 0 Å². The van der Waals surface area contributed by atoms with Crippen molar-refractivity contribution < 1.29 is 0 Å². The van der Waals surface area contributed by atoms with E-state index >= 15 is 0 Å². The van der Waals surface area contributed by atoms with Crippen LogP contribution in [0.2, 0.25) is 0 Å². The van der Waals surface area contributed by atoms with Gasteiger partial charge in [-0.15, -0.1) is 0 Å². The summed E-state index contributed by atoms with van der Waals surface area (Å²) in [6, 6.07) is 3.92. The van der Waals surface area contributed by atoms with Crippen molar-refractivity contribution in [1.82, 2.24) is 4.98 Å². The minimum atomic E-state index is 0.768. The van der Waals surface area contributed by atoms with E-state index in [0.717, 1.165) is 31.5 Å². The predicted molar refractivity (Wildman–Crippen MR) is 50.6 cm³/mol. The summed E-state index contributed by atoms with van der Waals surface area (Å²) < 4.78 is 0. The lowest BCUT2D eigenvalue weighted by Gasteiger charge is -1.88. The van der Waals surface area contributed by atoms with Crippen molar-refractivity contribution >= 4 is 0 Å². The molecule has 64 valence electrons. The van der Waals surface area contributed by atoms with Crippen LogP contribution in [0, 0.1) is 11.8 Å². The molecule has 0 saturated heterocycles. The minimum Gasteiger partial charge on any atom is -0.355 e. The van der Waals surface area contributed by atoms with Crippen molar-refractivity contribution in [2.24, 2.45) is 5.73 Å². The molecule has 1 aromatic heterocycles. The molecule has 2 nitrogen and oxygen atoms in total. The zero-order chi connectivity index (χ0) is 8.65. The fourth-order valence-electron chi connectivity index (χ4n) is 0.924. The molecule has 1 heterocycles. The Morgan fingerprint density at radius 2 is 2.33 bits per heavy atom. The summed E-state index contributed by atoms with van der Waals surface area (Å²) in [6.45, 7) is 0.768. The van der Waals surface area contributed by atoms with Gasteiger partial charge >= 0.3 is 0 Å². The van der Waals surface area contributed by atoms with E-state index in [0.29, 0.717) is 0 Å². The lowest BCUT2D eigenvalue weighted by Crippen LogP contribution is -1.96. The molecular weight excluding hydrogens is 148 g/mol. The highest BCUT2D eigenvalue weighted by Gasteiger charge is 1.83. The maximum absolute atomic E-state index is 5.35. The van der Waals surface area contributed by atoms with Gasteiger partial charge in [-0.1, -0.05) is 5.92 Å². The normalized spacial score (nSPS) is 9.08. The van der Waals surface area contributed by atoms with Crippen LogP contribution >= 0.6 is 0 Å². The molecule has 2 heteroatoms. The van der Waals surface area contributed by atoms with Crippen molar-refractivity contribution in [2.75, 3.05) is 6.54 Å². The van der Waals surface area contributed by atoms with Crippen molar-refractivity contribution in [2.45, 2.75) is 19.3 Å². The average Bonchev–Trinajstić information content (AvgIpc) is 2.57. The average molecular weight is 162 g/mol. The number of H-pyrrole nitrogens is 1. The second-order valence-electron chi connectivity index (χ2n) is 2.63. The van der Waals surface area contributed by atoms with Crippen LogP contribution in [0.15, 0.2) is 18.3 Å². The van der Waals surface area contributed by atoms with Crippen molar-refractivity contribution in [1.29, 1.82) is 0 Å². The van der Waals surface area contributed by atoms with E-state index in [1.165, 1.54) is 0 Å². The standard InChI is InChI=1S/C10H14N2/c11-8-4-2-1-3-6-10-7-5-9-12-10/h5,7,9,12H,1-2,4,8,11H2. The summed E-state index contributed by atoms with van der Waals surface area (Å²) in [4.78, 5) is 3.03. The quantitative estimate of drug-likeness (QED) is 0.513. The molecule has 0 aliphatic heterocycles. The molecule has 0 fully saturated rings. The van der Waals surface area contributed by atoms with Gasteiger partial charge in [0.25, 0.3) is 0 Å². The molecule has 0 radical (unpaired) electrons. The Hall–Kier alpha value is -1.20. The van der Waals surface area contributed by atoms with E-state index in [-0.39, 0.29) is 0 Å². The Bertz CT molecular complexity index is 251. The number of rotatable bonds is 3. The number of aromatic amines is 1. The Balaban J connectivity index is 2.21. The van der Waals surface area contributed by atoms with Crippen LogP contribution in [0.1, 0.15) is 25.0 Å². The number of aromatic nitrogens is 1. The van der Waals surface area contributed by atoms with Gasteiger partial charge in [-0.25, -0.2) is 0 Å². The fourth-order valence-corrected chi connectivity index (χ4v) is 0.924. The Morgan fingerprint density at radius 3 is 3.00 bits per heavy atom. The molecule has 0 spiro atoms. The maximum Gasteiger partial charge on any atom is 0.0893 e. The van der Waals surface area contributed by atoms with Crippen LogP contribution in [-0.4, -0.2) is 11.5 Å². The van der Waals surface area contributed by atoms with Crippen LogP contribution in [0.5, 0.6) is 0 Å². The van der Waals surface area contributed by atoms with E-state index in [2.05, 4.69) is 16.8 Å². The molecule has 0 atom stereocenters. The van der Waals surface area contributed by atoms with Gasteiger partial charge in [0, 0.05) is 12.6 Å².